The molecule has 1 atom stereocenters. The zero-order valence-corrected chi connectivity index (χ0v) is 15.9. The van der Waals surface area contributed by atoms with E-state index in [9.17, 15) is 27.9 Å². The van der Waals surface area contributed by atoms with E-state index in [0.29, 0.717) is 11.3 Å². The van der Waals surface area contributed by atoms with Gasteiger partial charge in [-0.3, -0.25) is 4.79 Å². The summed E-state index contributed by atoms with van der Waals surface area (Å²) < 4.78 is 46.7. The van der Waals surface area contributed by atoms with Gasteiger partial charge in [-0.2, -0.15) is 24.9 Å². The van der Waals surface area contributed by atoms with Gasteiger partial charge in [0.25, 0.3) is 5.91 Å². The molecule has 7 nitrogen and oxygen atoms in total. The Morgan fingerprint density at radius 2 is 2.10 bits per heavy atom. The number of nitrogens with zero attached hydrogens (tertiary/aromatic N) is 2. The molecular weight excluding hydrogens is 411 g/mol. The van der Waals surface area contributed by atoms with Crippen molar-refractivity contribution in [2.24, 2.45) is 0 Å². The maximum absolute atomic E-state index is 13.5. The highest BCUT2D eigenvalue weighted by molar-refractivity contribution is 7.98. The maximum Gasteiger partial charge on any atom is 0.420 e. The van der Waals surface area contributed by atoms with E-state index in [1.165, 1.54) is 36.6 Å². The van der Waals surface area contributed by atoms with Gasteiger partial charge >= 0.3 is 12.1 Å². The Labute approximate surface area is 166 Å². The minimum absolute atomic E-state index is 0.175. The molecule has 2 N–H and O–H groups in total. The molecule has 0 aromatic carbocycles. The Kier molecular flexibility index (Phi) is 5.87. The van der Waals surface area contributed by atoms with E-state index < -0.39 is 35.3 Å². The number of aliphatic carboxylic acids is 1. The van der Waals surface area contributed by atoms with E-state index in [2.05, 4.69) is 10.3 Å². The number of alkyl halides is 3. The largest absolute Gasteiger partial charge is 0.480 e. The van der Waals surface area contributed by atoms with Crippen LogP contribution < -0.4 is 5.32 Å². The Morgan fingerprint density at radius 3 is 2.69 bits per heavy atom. The number of rotatable bonds is 7. The number of fused-ring (bicyclic) bond motifs is 1. The van der Waals surface area contributed by atoms with Crippen LogP contribution in [-0.4, -0.2) is 44.4 Å². The average Bonchev–Trinajstić information content (AvgIpc) is 3.32. The van der Waals surface area contributed by atoms with Gasteiger partial charge in [0.2, 0.25) is 0 Å². The van der Waals surface area contributed by atoms with Crippen LogP contribution in [0.3, 0.4) is 0 Å². The lowest BCUT2D eigenvalue weighted by Gasteiger charge is -2.12. The van der Waals surface area contributed by atoms with Crippen molar-refractivity contribution in [2.75, 3.05) is 12.0 Å². The number of carboxylic acid groups (broad SMARTS) is 1. The molecule has 29 heavy (non-hydrogen) atoms. The summed E-state index contributed by atoms with van der Waals surface area (Å²) in [6.45, 7) is 0. The predicted molar refractivity (Wildman–Crippen MR) is 99.8 cm³/mol. The number of amides is 1. The Balaban J connectivity index is 2.00. The summed E-state index contributed by atoms with van der Waals surface area (Å²) >= 11 is 1.41. The van der Waals surface area contributed by atoms with E-state index in [-0.39, 0.29) is 17.7 Å². The number of carbonyl (C=O) groups is 2. The molecule has 3 aromatic rings. The topological polar surface area (TPSA) is 96.8 Å². The maximum atomic E-state index is 13.5. The Bertz CT molecular complexity index is 1030. The van der Waals surface area contributed by atoms with Crippen LogP contribution in [0.2, 0.25) is 0 Å². The monoisotopic (exact) mass is 427 g/mol. The standard InChI is InChI=1S/C18H16F3N3O4S/c1-29-5-3-13(17(26)27)23-16(25)14-8-24-7-11(10-2-4-28-9-10)6-12(15(24)22-14)18(19,20)21/h2,4,6-9,13H,3,5H2,1H3,(H,23,25)(H,26,27). The SMILES string of the molecule is CSCCC(NC(=O)c1cn2cc(-c3ccoc3)cc(C(F)(F)F)c2n1)C(=O)O. The van der Waals surface area contributed by atoms with Gasteiger partial charge in [-0.15, -0.1) is 0 Å². The number of carboxylic acids is 1. The Morgan fingerprint density at radius 1 is 1.34 bits per heavy atom. The molecule has 1 amide bonds. The van der Waals surface area contributed by atoms with Gasteiger partial charge < -0.3 is 19.2 Å². The molecule has 0 radical (unpaired) electrons. The summed E-state index contributed by atoms with van der Waals surface area (Å²) in [6.07, 6.45) is 2.42. The molecule has 0 bridgehead atoms. The van der Waals surface area contributed by atoms with Crippen molar-refractivity contribution in [1.82, 2.24) is 14.7 Å². The number of furan rings is 1. The zero-order valence-electron chi connectivity index (χ0n) is 15.1. The number of halogens is 3. The second-order valence-electron chi connectivity index (χ2n) is 6.16. The minimum atomic E-state index is -4.71. The molecule has 3 aromatic heterocycles. The fourth-order valence-corrected chi connectivity index (χ4v) is 3.20. The van der Waals surface area contributed by atoms with Crippen LogP contribution in [0, 0.1) is 0 Å². The first-order chi connectivity index (χ1) is 13.7. The van der Waals surface area contributed by atoms with Crippen molar-refractivity contribution >= 4 is 29.3 Å². The third-order valence-electron chi connectivity index (χ3n) is 4.16. The molecule has 1 unspecified atom stereocenters. The summed E-state index contributed by atoms with van der Waals surface area (Å²) in [5.74, 6) is -1.59. The van der Waals surface area contributed by atoms with Gasteiger partial charge in [0.1, 0.15) is 17.4 Å². The molecule has 0 fully saturated rings. The number of hydrogen-bond donors (Lipinski definition) is 2. The number of pyridine rings is 1. The summed E-state index contributed by atoms with van der Waals surface area (Å²) in [4.78, 5) is 27.5. The van der Waals surface area contributed by atoms with Crippen molar-refractivity contribution in [3.05, 3.63) is 48.3 Å². The van der Waals surface area contributed by atoms with Crippen molar-refractivity contribution < 1.29 is 32.3 Å². The lowest BCUT2D eigenvalue weighted by Crippen LogP contribution is -2.41. The normalized spacial score (nSPS) is 12.8. The van der Waals surface area contributed by atoms with Crippen LogP contribution in [0.4, 0.5) is 13.2 Å². The molecule has 0 saturated carbocycles. The number of carbonyl (C=O) groups excluding carboxylic acids is 1. The molecule has 0 spiro atoms. The van der Waals surface area contributed by atoms with E-state index in [4.69, 9.17) is 4.42 Å². The predicted octanol–water partition coefficient (Wildman–Crippen LogP) is 3.55. The fourth-order valence-electron chi connectivity index (χ4n) is 2.73. The lowest BCUT2D eigenvalue weighted by atomic mass is 10.1. The summed E-state index contributed by atoms with van der Waals surface area (Å²) in [5, 5.41) is 11.5. The van der Waals surface area contributed by atoms with Crippen LogP contribution in [0.15, 0.2) is 41.5 Å². The van der Waals surface area contributed by atoms with Crippen molar-refractivity contribution in [1.29, 1.82) is 0 Å². The first-order valence-corrected chi connectivity index (χ1v) is 9.75. The molecule has 0 aliphatic rings. The third kappa shape index (κ3) is 4.56. The highest BCUT2D eigenvalue weighted by Crippen LogP contribution is 2.35. The zero-order chi connectivity index (χ0) is 21.2. The quantitative estimate of drug-likeness (QED) is 0.599. The van der Waals surface area contributed by atoms with E-state index >= 15 is 0 Å². The molecule has 0 saturated heterocycles. The molecule has 154 valence electrons. The minimum Gasteiger partial charge on any atom is -0.480 e. The highest BCUT2D eigenvalue weighted by atomic mass is 32.2. The van der Waals surface area contributed by atoms with Gasteiger partial charge in [0, 0.05) is 23.5 Å². The molecule has 0 aliphatic carbocycles. The van der Waals surface area contributed by atoms with E-state index in [1.807, 2.05) is 0 Å². The second kappa shape index (κ2) is 8.19. The lowest BCUT2D eigenvalue weighted by molar-refractivity contribution is -0.139. The highest BCUT2D eigenvalue weighted by Gasteiger charge is 2.35. The molecule has 11 heteroatoms. The van der Waals surface area contributed by atoms with Gasteiger partial charge in [0.05, 0.1) is 18.1 Å². The Hall–Kier alpha value is -2.95. The van der Waals surface area contributed by atoms with E-state index in [0.717, 1.165) is 16.7 Å². The second-order valence-corrected chi connectivity index (χ2v) is 7.14. The molecular formula is C18H16F3N3O4S. The van der Waals surface area contributed by atoms with Crippen LogP contribution in [0.5, 0.6) is 0 Å². The number of aromatic nitrogens is 2. The molecule has 3 heterocycles. The van der Waals surface area contributed by atoms with Gasteiger partial charge in [-0.1, -0.05) is 0 Å². The molecule has 3 rings (SSSR count). The van der Waals surface area contributed by atoms with Crippen molar-refractivity contribution in [2.45, 2.75) is 18.6 Å². The summed E-state index contributed by atoms with van der Waals surface area (Å²) in [6, 6.07) is 1.27. The average molecular weight is 427 g/mol. The number of thioether (sulfide) groups is 1. The van der Waals surface area contributed by atoms with Gasteiger partial charge in [0.15, 0.2) is 0 Å². The van der Waals surface area contributed by atoms with Crippen molar-refractivity contribution in [3.63, 3.8) is 0 Å². The van der Waals surface area contributed by atoms with Crippen LogP contribution in [0.25, 0.3) is 16.8 Å². The fraction of sp³-hybridized carbons (Fsp3) is 0.278. The van der Waals surface area contributed by atoms with Crippen molar-refractivity contribution in [3.8, 4) is 11.1 Å². The van der Waals surface area contributed by atoms with E-state index in [1.54, 1.807) is 6.26 Å². The van der Waals surface area contributed by atoms with Gasteiger partial charge in [-0.05, 0) is 30.6 Å². The van der Waals surface area contributed by atoms with Gasteiger partial charge in [-0.25, -0.2) is 9.78 Å². The summed E-state index contributed by atoms with van der Waals surface area (Å²) in [5.41, 5.74) is -1.13. The third-order valence-corrected chi connectivity index (χ3v) is 4.80. The first kappa shape index (κ1) is 20.8. The first-order valence-electron chi connectivity index (χ1n) is 8.36. The van der Waals surface area contributed by atoms with Crippen LogP contribution in [-0.2, 0) is 11.0 Å². The smallest absolute Gasteiger partial charge is 0.420 e. The summed E-state index contributed by atoms with van der Waals surface area (Å²) in [7, 11) is 0. The van der Waals surface area contributed by atoms with Crippen LogP contribution >= 0.6 is 11.8 Å². The number of imidazole rings is 1. The van der Waals surface area contributed by atoms with Crippen LogP contribution in [0.1, 0.15) is 22.5 Å². The number of nitrogens with one attached hydrogen (secondary N) is 1. The molecule has 0 aliphatic heterocycles. The number of hydrogen-bond acceptors (Lipinski definition) is 5.